The van der Waals surface area contributed by atoms with Crippen LogP contribution in [0.4, 0.5) is 15.3 Å². The van der Waals surface area contributed by atoms with Crippen molar-refractivity contribution >= 4 is 41.6 Å². The van der Waals surface area contributed by atoms with Crippen molar-refractivity contribution in [3.63, 3.8) is 0 Å². The Kier molecular flexibility index (Phi) is 10.1. The average molecular weight is 834 g/mol. The fraction of sp³-hybridized carbons (Fsp3) is 0.478. The number of nitrogens with zero attached hydrogens (tertiary/aromatic N) is 3. The number of likely N-dealkylation sites (tertiary alicyclic amines) is 2. The Hall–Kier alpha value is -5.80. The van der Waals surface area contributed by atoms with Crippen molar-refractivity contribution in [2.24, 2.45) is 28.9 Å². The largest absolute Gasteiger partial charge is 0.412 e. The topological polar surface area (TPSA) is 235 Å². The summed E-state index contributed by atoms with van der Waals surface area (Å²) in [6.45, 7) is 8.46. The van der Waals surface area contributed by atoms with Gasteiger partial charge < -0.3 is 37.3 Å². The first kappa shape index (κ1) is 41.9. The van der Waals surface area contributed by atoms with Gasteiger partial charge >= 0.3 is 24.1 Å². The molecule has 3 heterocycles. The van der Waals surface area contributed by atoms with Crippen molar-refractivity contribution in [1.29, 1.82) is 0 Å². The molecule has 3 saturated heterocycles. The Bertz CT molecular complexity index is 2290. The number of carbonyl (C=O) groups excluding carboxylic acids is 6. The van der Waals surface area contributed by atoms with Gasteiger partial charge in [-0.1, -0.05) is 87.5 Å². The number of amides is 4. The highest BCUT2D eigenvalue weighted by molar-refractivity contribution is 6.12. The first-order valence-corrected chi connectivity index (χ1v) is 21.1. The molecule has 4 bridgehead atoms. The maximum absolute atomic E-state index is 14.8. The van der Waals surface area contributed by atoms with E-state index < -0.39 is 81.5 Å². The first-order chi connectivity index (χ1) is 28.9. The van der Waals surface area contributed by atoms with Gasteiger partial charge in [0.1, 0.15) is 0 Å². The van der Waals surface area contributed by atoms with Gasteiger partial charge in [-0.15, -0.1) is 0 Å². The number of anilines is 1. The van der Waals surface area contributed by atoms with Crippen molar-refractivity contribution < 1.29 is 38.2 Å². The summed E-state index contributed by atoms with van der Waals surface area (Å²) in [5.74, 6) is -4.32. The van der Waals surface area contributed by atoms with E-state index in [1.807, 2.05) is 103 Å². The summed E-state index contributed by atoms with van der Waals surface area (Å²) in [5.41, 5.74) is 20.3. The molecule has 0 saturated carbocycles. The van der Waals surface area contributed by atoms with Crippen LogP contribution >= 0.6 is 0 Å². The van der Waals surface area contributed by atoms with Gasteiger partial charge in [0.15, 0.2) is 0 Å². The van der Waals surface area contributed by atoms with Gasteiger partial charge in [-0.3, -0.25) is 19.4 Å². The third kappa shape index (κ3) is 5.75. The monoisotopic (exact) mass is 833 g/mol. The molecule has 0 aromatic heterocycles. The number of rotatable bonds is 11. The van der Waals surface area contributed by atoms with Crippen molar-refractivity contribution in [1.82, 2.24) is 9.80 Å². The van der Waals surface area contributed by atoms with Crippen LogP contribution in [0, 0.1) is 5.92 Å². The second-order valence-electron chi connectivity index (χ2n) is 18.4. The molecule has 322 valence electrons. The third-order valence-corrected chi connectivity index (χ3v) is 15.6. The number of carbonyl (C=O) groups is 6. The molecule has 7 aliphatic rings. The third-order valence-electron chi connectivity index (χ3n) is 15.6. The number of hydrogen-bond donors (Lipinski definition) is 4. The van der Waals surface area contributed by atoms with E-state index in [1.54, 1.807) is 0 Å². The van der Waals surface area contributed by atoms with Crippen LogP contribution in [0.5, 0.6) is 0 Å². The van der Waals surface area contributed by atoms with E-state index in [-0.39, 0.29) is 31.8 Å². The maximum atomic E-state index is 14.8. The summed E-state index contributed by atoms with van der Waals surface area (Å²) in [5, 5.41) is 0. The number of benzene rings is 3. The van der Waals surface area contributed by atoms with Gasteiger partial charge in [0.05, 0.1) is 5.54 Å². The fourth-order valence-corrected chi connectivity index (χ4v) is 12.9. The molecular weight excluding hydrogens is 779 g/mol. The number of primary amides is 4. The van der Waals surface area contributed by atoms with Gasteiger partial charge in [-0.05, 0) is 92.2 Å². The van der Waals surface area contributed by atoms with Crippen LogP contribution in [0.2, 0.25) is 0 Å². The van der Waals surface area contributed by atoms with E-state index in [9.17, 15) is 28.8 Å². The molecule has 3 fully saturated rings. The van der Waals surface area contributed by atoms with Crippen LogP contribution in [-0.4, -0.2) is 93.6 Å². The highest BCUT2D eigenvalue weighted by atomic mass is 16.6. The van der Waals surface area contributed by atoms with E-state index >= 15 is 0 Å². The van der Waals surface area contributed by atoms with E-state index in [0.717, 1.165) is 16.8 Å². The predicted octanol–water partition coefficient (Wildman–Crippen LogP) is 3.31. The standard InChI is InChI=1S/C46H55N7O8/c1-27-24-34(33-12-8-22-51(33)45(36(47)54,38(56)60-40(49)58)42(2)25-28-14-18-30(42)19-15-28)53(32-10-6-5-7-11-32)44(27,4)35-13-9-23-52(35)46(37(48)55,39(57)61-41(50)59)43(3)26-29-16-20-31(43)21-17-29/h5-7,10-11,14-21,27,33-35H,8-9,12-13,22-26H2,1-4H3,(H2,47,54)(H2,48,55)(H2,49,58)(H2,50,59)/t27?,33?,34?,35?,42?,43?,44-,45+,46+/m1/s1. The van der Waals surface area contributed by atoms with Gasteiger partial charge in [-0.25, -0.2) is 19.2 Å². The average Bonchev–Trinajstić information content (AvgIpc) is 3.95. The van der Waals surface area contributed by atoms with Crippen molar-refractivity contribution in [3.8, 4) is 0 Å². The molecule has 10 rings (SSSR count). The number of nitrogens with two attached hydrogens (primary N) is 4. The Balaban J connectivity index is 1.30. The Morgan fingerprint density at radius 1 is 0.623 bits per heavy atom. The fourth-order valence-electron chi connectivity index (χ4n) is 12.9. The van der Waals surface area contributed by atoms with Gasteiger partial charge in [0.25, 0.3) is 11.8 Å². The quantitative estimate of drug-likeness (QED) is 0.162. The molecule has 6 unspecified atom stereocenters. The first-order valence-electron chi connectivity index (χ1n) is 21.1. The summed E-state index contributed by atoms with van der Waals surface area (Å²) >= 11 is 0. The van der Waals surface area contributed by atoms with Crippen LogP contribution in [0.25, 0.3) is 0 Å². The van der Waals surface area contributed by atoms with E-state index in [0.29, 0.717) is 43.2 Å². The minimum absolute atomic E-state index is 0.154. The Morgan fingerprint density at radius 3 is 1.52 bits per heavy atom. The minimum Gasteiger partial charge on any atom is -0.375 e. The molecule has 0 radical (unpaired) electrons. The van der Waals surface area contributed by atoms with Gasteiger partial charge in [0.2, 0.25) is 11.1 Å². The lowest BCUT2D eigenvalue weighted by molar-refractivity contribution is -0.167. The highest BCUT2D eigenvalue weighted by Crippen LogP contribution is 2.56. The molecule has 8 N–H and O–H groups in total. The Morgan fingerprint density at radius 2 is 1.08 bits per heavy atom. The zero-order valence-electron chi connectivity index (χ0n) is 35.1. The SMILES string of the molecule is CC1CC(C2CCCN2[C@@](C(N)=O)(C(=O)OC(N)=O)C2(C)Cc3ccc2cc3)N(c2ccccc2)[C@@]1(C)C1CCCN1[C@@](C(N)=O)(C(=O)OC(N)=O)C1(C)Cc2ccc1cc2. The lowest BCUT2D eigenvalue weighted by atomic mass is 9.58. The van der Waals surface area contributed by atoms with Crippen molar-refractivity contribution in [2.45, 2.75) is 118 Å². The van der Waals surface area contributed by atoms with Crippen molar-refractivity contribution in [2.75, 3.05) is 18.0 Å². The second kappa shape index (κ2) is 14.7. The van der Waals surface area contributed by atoms with Crippen LogP contribution in [-0.2, 0) is 52.3 Å². The molecule has 3 aliphatic heterocycles. The smallest absolute Gasteiger partial charge is 0.375 e. The highest BCUT2D eigenvalue weighted by Gasteiger charge is 2.72. The second-order valence-corrected chi connectivity index (χ2v) is 18.4. The maximum Gasteiger partial charge on any atom is 0.412 e. The van der Waals surface area contributed by atoms with Gasteiger partial charge in [-0.2, -0.15) is 0 Å². The zero-order valence-corrected chi connectivity index (χ0v) is 35.1. The molecule has 0 spiro atoms. The molecule has 3 aromatic carbocycles. The lowest BCUT2D eigenvalue weighted by Gasteiger charge is -2.58. The normalized spacial score (nSPS) is 31.3. The number of ether oxygens (including phenoxy) is 2. The van der Waals surface area contributed by atoms with Crippen molar-refractivity contribution in [3.05, 3.63) is 101 Å². The van der Waals surface area contributed by atoms with E-state index in [4.69, 9.17) is 32.4 Å². The zero-order chi connectivity index (χ0) is 43.9. The van der Waals surface area contributed by atoms with Crippen LogP contribution < -0.4 is 27.8 Å². The molecule has 15 nitrogen and oxygen atoms in total. The molecule has 15 heteroatoms. The van der Waals surface area contributed by atoms with E-state index in [1.165, 1.54) is 0 Å². The summed E-state index contributed by atoms with van der Waals surface area (Å²) in [6, 6.07) is 23.6. The predicted molar refractivity (Wildman–Crippen MR) is 225 cm³/mol. The van der Waals surface area contributed by atoms with Crippen LogP contribution in [0.3, 0.4) is 0 Å². The molecule has 9 atom stereocenters. The molecule has 3 aromatic rings. The molecule has 61 heavy (non-hydrogen) atoms. The summed E-state index contributed by atoms with van der Waals surface area (Å²) in [6.07, 6.45) is 0.706. The molecular formula is C46H55N7O8. The summed E-state index contributed by atoms with van der Waals surface area (Å²) in [7, 11) is 0. The summed E-state index contributed by atoms with van der Waals surface area (Å²) in [4.78, 5) is 89.2. The number of para-hydroxylation sites is 1. The molecule has 4 amide bonds. The van der Waals surface area contributed by atoms with Crippen LogP contribution in [0.15, 0.2) is 78.9 Å². The minimum atomic E-state index is -2.17. The van der Waals surface area contributed by atoms with E-state index in [2.05, 4.69) is 18.7 Å². The number of hydrogen-bond acceptors (Lipinski definition) is 11. The van der Waals surface area contributed by atoms with Gasteiger partial charge in [0, 0.05) is 47.7 Å². The summed E-state index contributed by atoms with van der Waals surface area (Å²) < 4.78 is 10.5. The lowest BCUT2D eigenvalue weighted by Crippen LogP contribution is -2.78. The number of esters is 2. The number of fused-ring (bicyclic) bond motifs is 6. The Labute approximate surface area is 355 Å². The molecule has 4 aliphatic carbocycles. The van der Waals surface area contributed by atoms with Crippen LogP contribution in [0.1, 0.15) is 82.1 Å².